The molecule has 2 aromatic rings. The van der Waals surface area contributed by atoms with E-state index in [2.05, 4.69) is 20.6 Å². The van der Waals surface area contributed by atoms with Gasteiger partial charge in [-0.2, -0.15) is 0 Å². The molecule has 3 rings (SSSR count). The van der Waals surface area contributed by atoms with E-state index in [9.17, 15) is 10.1 Å². The van der Waals surface area contributed by atoms with Crippen LogP contribution in [0, 0.1) is 10.1 Å². The van der Waals surface area contributed by atoms with Crippen molar-refractivity contribution in [3.8, 4) is 0 Å². The van der Waals surface area contributed by atoms with Gasteiger partial charge in [-0.25, -0.2) is 9.97 Å². The van der Waals surface area contributed by atoms with Crippen molar-refractivity contribution in [1.82, 2.24) is 15.3 Å². The van der Waals surface area contributed by atoms with Crippen LogP contribution in [0.15, 0.2) is 12.4 Å². The molecule has 0 bridgehead atoms. The lowest BCUT2D eigenvalue weighted by Gasteiger charge is -2.11. The van der Waals surface area contributed by atoms with Crippen LogP contribution < -0.4 is 10.6 Å². The van der Waals surface area contributed by atoms with Crippen molar-refractivity contribution in [2.75, 3.05) is 18.4 Å². The van der Waals surface area contributed by atoms with E-state index < -0.39 is 4.92 Å². The molecular weight excluding hydrogens is 254 g/mol. The topological polar surface area (TPSA) is 93.0 Å². The first-order chi connectivity index (χ1) is 8.74. The molecular formula is C10H11N5O2S. The van der Waals surface area contributed by atoms with Gasteiger partial charge < -0.3 is 10.6 Å². The summed E-state index contributed by atoms with van der Waals surface area (Å²) in [7, 11) is 0. The van der Waals surface area contributed by atoms with Crippen molar-refractivity contribution in [1.29, 1.82) is 0 Å². The van der Waals surface area contributed by atoms with Gasteiger partial charge in [-0.1, -0.05) is 0 Å². The highest BCUT2D eigenvalue weighted by Crippen LogP contribution is 2.33. The Morgan fingerprint density at radius 1 is 1.56 bits per heavy atom. The van der Waals surface area contributed by atoms with Gasteiger partial charge >= 0.3 is 5.00 Å². The van der Waals surface area contributed by atoms with Crippen molar-refractivity contribution >= 4 is 32.4 Å². The van der Waals surface area contributed by atoms with Gasteiger partial charge in [0.25, 0.3) is 0 Å². The highest BCUT2D eigenvalue weighted by atomic mass is 32.1. The molecule has 94 valence electrons. The molecule has 1 aliphatic heterocycles. The van der Waals surface area contributed by atoms with Gasteiger partial charge in [-0.15, -0.1) is 0 Å². The third kappa shape index (κ3) is 2.00. The zero-order valence-electron chi connectivity index (χ0n) is 9.42. The molecule has 0 aromatic carbocycles. The van der Waals surface area contributed by atoms with Gasteiger partial charge in [0.2, 0.25) is 0 Å². The normalized spacial score (nSPS) is 19.2. The Bertz CT molecular complexity index is 593. The van der Waals surface area contributed by atoms with Crippen molar-refractivity contribution in [3.05, 3.63) is 22.5 Å². The van der Waals surface area contributed by atoms with Crippen LogP contribution in [0.4, 0.5) is 10.8 Å². The average molecular weight is 265 g/mol. The average Bonchev–Trinajstić information content (AvgIpc) is 2.97. The van der Waals surface area contributed by atoms with Crippen LogP contribution >= 0.6 is 11.3 Å². The fourth-order valence-electron chi connectivity index (χ4n) is 2.02. The summed E-state index contributed by atoms with van der Waals surface area (Å²) in [4.78, 5) is 19.3. The summed E-state index contributed by atoms with van der Waals surface area (Å²) >= 11 is 1.07. The first kappa shape index (κ1) is 11.3. The van der Waals surface area contributed by atoms with Gasteiger partial charge in [0.15, 0.2) is 0 Å². The smallest absolute Gasteiger partial charge is 0.326 e. The second-order valence-corrected chi connectivity index (χ2v) is 5.13. The fourth-order valence-corrected chi connectivity index (χ4v) is 2.83. The molecule has 0 saturated carbocycles. The molecule has 8 heteroatoms. The summed E-state index contributed by atoms with van der Waals surface area (Å²) in [5.41, 5.74) is 0. The van der Waals surface area contributed by atoms with Crippen LogP contribution in [0.5, 0.6) is 0 Å². The van der Waals surface area contributed by atoms with Crippen LogP contribution in [0.2, 0.25) is 0 Å². The molecule has 3 heterocycles. The van der Waals surface area contributed by atoms with Crippen molar-refractivity contribution < 1.29 is 4.92 Å². The minimum absolute atomic E-state index is 0.0955. The number of rotatable bonds is 3. The third-order valence-corrected chi connectivity index (χ3v) is 3.89. The zero-order chi connectivity index (χ0) is 12.5. The molecule has 0 aliphatic carbocycles. The Labute approximate surface area is 106 Å². The summed E-state index contributed by atoms with van der Waals surface area (Å²) in [5.74, 6) is 0.679. The number of nitrogens with zero attached hydrogens (tertiary/aromatic N) is 3. The number of hydrogen-bond donors (Lipinski definition) is 2. The number of aromatic nitrogens is 2. The molecule has 2 aromatic heterocycles. The highest BCUT2D eigenvalue weighted by Gasteiger charge is 2.19. The number of thiophene rings is 1. The molecule has 1 unspecified atom stereocenters. The second-order valence-electron chi connectivity index (χ2n) is 4.12. The number of anilines is 1. The minimum Gasteiger partial charge on any atom is -0.365 e. The molecule has 0 radical (unpaired) electrons. The lowest BCUT2D eigenvalue weighted by atomic mass is 10.2. The van der Waals surface area contributed by atoms with E-state index in [-0.39, 0.29) is 5.00 Å². The van der Waals surface area contributed by atoms with E-state index in [4.69, 9.17) is 0 Å². The van der Waals surface area contributed by atoms with E-state index in [0.29, 0.717) is 16.7 Å². The maximum absolute atomic E-state index is 10.8. The fraction of sp³-hybridized carbons (Fsp3) is 0.400. The quantitative estimate of drug-likeness (QED) is 0.643. The monoisotopic (exact) mass is 265 g/mol. The summed E-state index contributed by atoms with van der Waals surface area (Å²) in [6.07, 6.45) is 2.46. The predicted molar refractivity (Wildman–Crippen MR) is 69.0 cm³/mol. The van der Waals surface area contributed by atoms with Crippen LogP contribution in [-0.4, -0.2) is 34.0 Å². The number of hydrogen-bond acceptors (Lipinski definition) is 7. The largest absolute Gasteiger partial charge is 0.365 e. The summed E-state index contributed by atoms with van der Waals surface area (Å²) < 4.78 is 0. The van der Waals surface area contributed by atoms with E-state index >= 15 is 0 Å². The Morgan fingerprint density at radius 3 is 3.17 bits per heavy atom. The molecule has 7 nitrogen and oxygen atoms in total. The maximum atomic E-state index is 10.8. The van der Waals surface area contributed by atoms with Crippen LogP contribution in [-0.2, 0) is 0 Å². The standard InChI is InChI=1S/C10H11N5O2S/c16-15(17)8-3-7-9(12-5-13-10(7)18-8)14-6-1-2-11-4-6/h3,5-6,11H,1-2,4H2,(H,12,13,14). The molecule has 2 N–H and O–H groups in total. The number of fused-ring (bicyclic) bond motifs is 1. The SMILES string of the molecule is O=[N+]([O-])c1cc2c(NC3CCNC3)ncnc2s1. The molecule has 1 aliphatic rings. The van der Waals surface area contributed by atoms with Gasteiger partial charge in [0.1, 0.15) is 17.0 Å². The summed E-state index contributed by atoms with van der Waals surface area (Å²) in [6, 6.07) is 1.85. The molecule has 18 heavy (non-hydrogen) atoms. The third-order valence-electron chi connectivity index (χ3n) is 2.90. The minimum atomic E-state index is -0.396. The van der Waals surface area contributed by atoms with Crippen molar-refractivity contribution in [2.24, 2.45) is 0 Å². The Hall–Kier alpha value is -1.80. The maximum Gasteiger partial charge on any atom is 0.326 e. The molecule has 0 spiro atoms. The Balaban J connectivity index is 1.97. The Kier molecular flexibility index (Phi) is 2.80. The van der Waals surface area contributed by atoms with Crippen LogP contribution in [0.25, 0.3) is 10.2 Å². The van der Waals surface area contributed by atoms with Gasteiger partial charge in [0.05, 0.1) is 10.3 Å². The van der Waals surface area contributed by atoms with Gasteiger partial charge in [0, 0.05) is 18.7 Å². The second kappa shape index (κ2) is 4.46. The zero-order valence-corrected chi connectivity index (χ0v) is 10.2. The number of nitrogens with one attached hydrogen (secondary N) is 2. The lowest BCUT2D eigenvalue weighted by molar-refractivity contribution is -0.380. The van der Waals surface area contributed by atoms with Crippen LogP contribution in [0.3, 0.4) is 0 Å². The molecule has 0 amide bonds. The first-order valence-corrected chi connectivity index (χ1v) is 6.42. The molecule has 1 fully saturated rings. The van der Waals surface area contributed by atoms with E-state index in [1.54, 1.807) is 0 Å². The van der Waals surface area contributed by atoms with E-state index in [1.807, 2.05) is 0 Å². The van der Waals surface area contributed by atoms with Gasteiger partial charge in [-0.3, -0.25) is 10.1 Å². The Morgan fingerprint density at radius 2 is 2.44 bits per heavy atom. The molecule has 1 atom stereocenters. The van der Waals surface area contributed by atoms with Gasteiger partial charge in [-0.05, 0) is 24.3 Å². The van der Waals surface area contributed by atoms with Crippen molar-refractivity contribution in [3.63, 3.8) is 0 Å². The first-order valence-electron chi connectivity index (χ1n) is 5.60. The van der Waals surface area contributed by atoms with E-state index in [1.165, 1.54) is 12.4 Å². The summed E-state index contributed by atoms with van der Waals surface area (Å²) in [6.45, 7) is 1.87. The van der Waals surface area contributed by atoms with E-state index in [0.717, 1.165) is 36.2 Å². The van der Waals surface area contributed by atoms with Crippen LogP contribution in [0.1, 0.15) is 6.42 Å². The lowest BCUT2D eigenvalue weighted by Crippen LogP contribution is -2.22. The number of nitro groups is 1. The summed E-state index contributed by atoms with van der Waals surface area (Å²) in [5, 5.41) is 18.1. The predicted octanol–water partition coefficient (Wildman–Crippen LogP) is 1.37. The van der Waals surface area contributed by atoms with Crippen molar-refractivity contribution in [2.45, 2.75) is 12.5 Å². The molecule has 1 saturated heterocycles. The highest BCUT2D eigenvalue weighted by molar-refractivity contribution is 7.21.